The molecule has 0 radical (unpaired) electrons. The number of rotatable bonds is 10. The Bertz CT molecular complexity index is 203. The molecular formula is C15H32NO+. The van der Waals surface area contributed by atoms with Crippen LogP contribution < -0.4 is 0 Å². The van der Waals surface area contributed by atoms with Gasteiger partial charge in [0.2, 0.25) is 6.23 Å². The Labute approximate surface area is 108 Å². The standard InChI is InChI=1S/C15H32NO/c1-5-7-8-9-10-11-12-14-15(17-14)16(3,4)13-6-2/h14-15H,5-13H2,1-4H3/q+1. The maximum Gasteiger partial charge on any atom is 0.220 e. The van der Waals surface area contributed by atoms with Gasteiger partial charge in [0, 0.05) is 0 Å². The van der Waals surface area contributed by atoms with E-state index in [1.165, 1.54) is 57.9 Å². The quantitative estimate of drug-likeness (QED) is 0.321. The van der Waals surface area contributed by atoms with Crippen LogP contribution in [-0.4, -0.2) is 37.5 Å². The van der Waals surface area contributed by atoms with Gasteiger partial charge in [0.25, 0.3) is 0 Å². The van der Waals surface area contributed by atoms with Crippen LogP contribution in [-0.2, 0) is 4.74 Å². The highest BCUT2D eigenvalue weighted by atomic mass is 16.6. The van der Waals surface area contributed by atoms with Crippen molar-refractivity contribution in [3.63, 3.8) is 0 Å². The first kappa shape index (κ1) is 15.0. The molecule has 0 aromatic rings. The monoisotopic (exact) mass is 242 g/mol. The van der Waals surface area contributed by atoms with E-state index in [0.717, 1.165) is 4.48 Å². The topological polar surface area (TPSA) is 12.5 Å². The molecule has 1 saturated heterocycles. The number of unbranched alkanes of at least 4 members (excludes halogenated alkanes) is 5. The number of likely N-dealkylation sites (N-methyl/N-ethyl adjacent to an activating group) is 1. The molecule has 0 N–H and O–H groups in total. The van der Waals surface area contributed by atoms with E-state index in [1.54, 1.807) is 0 Å². The van der Waals surface area contributed by atoms with Crippen molar-refractivity contribution >= 4 is 0 Å². The Morgan fingerprint density at radius 2 is 1.53 bits per heavy atom. The molecule has 0 amide bonds. The van der Waals surface area contributed by atoms with E-state index in [2.05, 4.69) is 27.9 Å². The maximum atomic E-state index is 5.83. The third kappa shape index (κ3) is 5.39. The van der Waals surface area contributed by atoms with Crippen LogP contribution in [0.5, 0.6) is 0 Å². The van der Waals surface area contributed by atoms with Crippen LogP contribution in [0.25, 0.3) is 0 Å². The van der Waals surface area contributed by atoms with Gasteiger partial charge in [0.1, 0.15) is 6.10 Å². The lowest BCUT2D eigenvalue weighted by atomic mass is 10.1. The number of nitrogens with zero attached hydrogens (tertiary/aromatic N) is 1. The Morgan fingerprint density at radius 1 is 0.882 bits per heavy atom. The smallest absolute Gasteiger partial charge is 0.220 e. The summed E-state index contributed by atoms with van der Waals surface area (Å²) < 4.78 is 6.89. The SMILES string of the molecule is CCCCCCCCC1OC1[N+](C)(C)CCC. The van der Waals surface area contributed by atoms with Gasteiger partial charge in [0.15, 0.2) is 0 Å². The summed E-state index contributed by atoms with van der Waals surface area (Å²) in [5.41, 5.74) is 0. The van der Waals surface area contributed by atoms with Crippen molar-refractivity contribution in [2.75, 3.05) is 20.6 Å². The van der Waals surface area contributed by atoms with Crippen LogP contribution in [0.3, 0.4) is 0 Å². The van der Waals surface area contributed by atoms with Crippen LogP contribution in [0.15, 0.2) is 0 Å². The average Bonchev–Trinajstić information content (AvgIpc) is 3.03. The Kier molecular flexibility index (Phi) is 6.50. The lowest BCUT2D eigenvalue weighted by Crippen LogP contribution is -2.44. The number of hydrogen-bond acceptors (Lipinski definition) is 1. The first-order valence-electron chi connectivity index (χ1n) is 7.60. The summed E-state index contributed by atoms with van der Waals surface area (Å²) in [5, 5.41) is 0. The molecule has 0 aromatic carbocycles. The largest absolute Gasteiger partial charge is 0.314 e. The van der Waals surface area contributed by atoms with Crippen molar-refractivity contribution < 1.29 is 9.22 Å². The van der Waals surface area contributed by atoms with Crippen molar-refractivity contribution in [2.24, 2.45) is 0 Å². The molecule has 2 heteroatoms. The van der Waals surface area contributed by atoms with Crippen LogP contribution in [0, 0.1) is 0 Å². The van der Waals surface area contributed by atoms with Crippen LogP contribution >= 0.6 is 0 Å². The van der Waals surface area contributed by atoms with Crippen molar-refractivity contribution in [2.45, 2.75) is 77.5 Å². The zero-order valence-electron chi connectivity index (χ0n) is 12.4. The van der Waals surface area contributed by atoms with E-state index in [4.69, 9.17) is 4.74 Å². The zero-order chi connectivity index (χ0) is 12.7. The van der Waals surface area contributed by atoms with Gasteiger partial charge in [-0.2, -0.15) is 0 Å². The second kappa shape index (κ2) is 7.38. The van der Waals surface area contributed by atoms with Crippen molar-refractivity contribution in [1.29, 1.82) is 0 Å². The summed E-state index contributed by atoms with van der Waals surface area (Å²) in [6, 6.07) is 0. The summed E-state index contributed by atoms with van der Waals surface area (Å²) in [6.07, 6.45) is 11.9. The summed E-state index contributed by atoms with van der Waals surface area (Å²) in [5.74, 6) is 0. The molecule has 2 atom stereocenters. The van der Waals surface area contributed by atoms with Crippen LogP contribution in [0.4, 0.5) is 0 Å². The van der Waals surface area contributed by atoms with Crippen LogP contribution in [0.1, 0.15) is 65.2 Å². The fourth-order valence-electron chi connectivity index (χ4n) is 2.79. The summed E-state index contributed by atoms with van der Waals surface area (Å²) in [7, 11) is 4.60. The fraction of sp³-hybridized carbons (Fsp3) is 1.00. The Hall–Kier alpha value is -0.0800. The maximum absolute atomic E-state index is 5.83. The second-order valence-electron chi connectivity index (χ2n) is 6.12. The summed E-state index contributed by atoms with van der Waals surface area (Å²) in [6.45, 7) is 5.76. The molecule has 0 spiro atoms. The van der Waals surface area contributed by atoms with Gasteiger partial charge in [-0.3, -0.25) is 0 Å². The van der Waals surface area contributed by atoms with Crippen molar-refractivity contribution in [1.82, 2.24) is 0 Å². The molecule has 0 saturated carbocycles. The molecule has 1 aliphatic rings. The Morgan fingerprint density at radius 3 is 2.18 bits per heavy atom. The molecule has 0 bridgehead atoms. The van der Waals surface area contributed by atoms with Crippen molar-refractivity contribution in [3.05, 3.63) is 0 Å². The molecule has 0 aliphatic carbocycles. The van der Waals surface area contributed by atoms with Gasteiger partial charge in [-0.05, 0) is 12.8 Å². The molecule has 1 heterocycles. The normalized spacial score (nSPS) is 24.0. The Balaban J connectivity index is 2.00. The van der Waals surface area contributed by atoms with Gasteiger partial charge in [-0.1, -0.05) is 52.4 Å². The highest BCUT2D eigenvalue weighted by Crippen LogP contribution is 2.33. The van der Waals surface area contributed by atoms with E-state index in [9.17, 15) is 0 Å². The molecule has 2 unspecified atom stereocenters. The summed E-state index contributed by atoms with van der Waals surface area (Å²) in [4.78, 5) is 0. The molecule has 1 fully saturated rings. The van der Waals surface area contributed by atoms with E-state index in [0.29, 0.717) is 12.3 Å². The predicted octanol–water partition coefficient (Wildman–Crippen LogP) is 3.95. The average molecular weight is 242 g/mol. The molecule has 1 aliphatic heterocycles. The number of quaternary nitrogens is 1. The van der Waals surface area contributed by atoms with E-state index in [-0.39, 0.29) is 0 Å². The third-order valence-electron chi connectivity index (χ3n) is 3.89. The van der Waals surface area contributed by atoms with E-state index in [1.807, 2.05) is 0 Å². The molecule has 2 nitrogen and oxygen atoms in total. The minimum Gasteiger partial charge on any atom is -0.314 e. The van der Waals surface area contributed by atoms with E-state index < -0.39 is 0 Å². The highest BCUT2D eigenvalue weighted by molar-refractivity contribution is 4.77. The second-order valence-corrected chi connectivity index (χ2v) is 6.12. The molecule has 1 rings (SSSR count). The van der Waals surface area contributed by atoms with Gasteiger partial charge >= 0.3 is 0 Å². The fourth-order valence-corrected chi connectivity index (χ4v) is 2.79. The minimum absolute atomic E-state index is 0.491. The predicted molar refractivity (Wildman–Crippen MR) is 73.9 cm³/mol. The highest BCUT2D eigenvalue weighted by Gasteiger charge is 2.50. The van der Waals surface area contributed by atoms with Crippen molar-refractivity contribution in [3.8, 4) is 0 Å². The lowest BCUT2D eigenvalue weighted by Gasteiger charge is -2.27. The number of ether oxygens (including phenoxy) is 1. The first-order valence-corrected chi connectivity index (χ1v) is 7.60. The zero-order valence-corrected chi connectivity index (χ0v) is 12.4. The first-order chi connectivity index (χ1) is 8.11. The molecular weight excluding hydrogens is 210 g/mol. The van der Waals surface area contributed by atoms with Gasteiger partial charge in [-0.15, -0.1) is 0 Å². The van der Waals surface area contributed by atoms with E-state index >= 15 is 0 Å². The lowest BCUT2D eigenvalue weighted by molar-refractivity contribution is -0.911. The van der Waals surface area contributed by atoms with Gasteiger partial charge in [-0.25, -0.2) is 0 Å². The molecule has 0 aromatic heterocycles. The van der Waals surface area contributed by atoms with Gasteiger partial charge in [0.05, 0.1) is 20.6 Å². The summed E-state index contributed by atoms with van der Waals surface area (Å²) >= 11 is 0. The molecule has 102 valence electrons. The van der Waals surface area contributed by atoms with Gasteiger partial charge < -0.3 is 9.22 Å². The molecule has 17 heavy (non-hydrogen) atoms. The number of epoxide rings is 1. The number of hydrogen-bond donors (Lipinski definition) is 0. The third-order valence-corrected chi connectivity index (χ3v) is 3.89. The minimum atomic E-state index is 0.491. The van der Waals surface area contributed by atoms with Crippen LogP contribution in [0.2, 0.25) is 0 Å².